The number of benzene rings is 1. The Balaban J connectivity index is 2.33. The molecule has 0 aromatic heterocycles. The molecule has 0 saturated heterocycles. The summed E-state index contributed by atoms with van der Waals surface area (Å²) in [5.41, 5.74) is 2.62. The Morgan fingerprint density at radius 2 is 1.75 bits per heavy atom. The van der Waals surface area contributed by atoms with Crippen LogP contribution in [-0.2, 0) is 17.6 Å². The van der Waals surface area contributed by atoms with Crippen LogP contribution in [0.2, 0.25) is 0 Å². The van der Waals surface area contributed by atoms with Crippen LogP contribution in [0.1, 0.15) is 37.3 Å². The second-order valence-corrected chi connectivity index (χ2v) is 4.79. The first kappa shape index (κ1) is 13.4. The number of aryl methyl sites for hydroxylation is 2. The molecule has 0 saturated carbocycles. The van der Waals surface area contributed by atoms with E-state index in [1.165, 1.54) is 11.1 Å². The maximum Gasteiger partial charge on any atom is 0.133 e. The number of carbonyl (C=O) groups excluding carboxylic acids is 1. The molecule has 1 aromatic rings. The van der Waals surface area contributed by atoms with Crippen LogP contribution in [0.15, 0.2) is 24.3 Å². The summed E-state index contributed by atoms with van der Waals surface area (Å²) in [5, 5.41) is 0.921. The van der Waals surface area contributed by atoms with Gasteiger partial charge in [-0.1, -0.05) is 47.1 Å². The normalized spacial score (nSPS) is 10.4. The molecule has 0 atom stereocenters. The number of hydrogen-bond acceptors (Lipinski definition) is 1. The Kier molecular flexibility index (Phi) is 6.39. The van der Waals surface area contributed by atoms with Gasteiger partial charge in [0, 0.05) is 18.2 Å². The minimum absolute atomic E-state index is 0.374. The van der Waals surface area contributed by atoms with Crippen LogP contribution in [0.4, 0.5) is 0 Å². The molecular formula is C14H19BrO. The second kappa shape index (κ2) is 7.61. The predicted octanol–water partition coefficient (Wildman–Crippen LogP) is 3.93. The molecule has 0 spiro atoms. The van der Waals surface area contributed by atoms with Gasteiger partial charge in [0.15, 0.2) is 0 Å². The standard InChI is InChI=1S/C14H19BrO/c1-2-12-5-7-13(8-6-12)9-10-14(16)4-3-11-15/h5-8H,2-4,9-11H2,1H3. The van der Waals surface area contributed by atoms with E-state index in [1.807, 2.05) is 0 Å². The average molecular weight is 283 g/mol. The lowest BCUT2D eigenvalue weighted by Crippen LogP contribution is -2.00. The Labute approximate surface area is 106 Å². The van der Waals surface area contributed by atoms with Crippen molar-refractivity contribution in [3.63, 3.8) is 0 Å². The zero-order valence-electron chi connectivity index (χ0n) is 9.84. The van der Waals surface area contributed by atoms with Gasteiger partial charge in [0.05, 0.1) is 0 Å². The van der Waals surface area contributed by atoms with Crippen molar-refractivity contribution in [3.05, 3.63) is 35.4 Å². The number of rotatable bonds is 7. The van der Waals surface area contributed by atoms with Crippen LogP contribution in [0, 0.1) is 0 Å². The van der Waals surface area contributed by atoms with Gasteiger partial charge in [0.1, 0.15) is 5.78 Å². The lowest BCUT2D eigenvalue weighted by molar-refractivity contribution is -0.119. The van der Waals surface area contributed by atoms with Crippen molar-refractivity contribution in [1.29, 1.82) is 0 Å². The predicted molar refractivity (Wildman–Crippen MR) is 72.2 cm³/mol. The van der Waals surface area contributed by atoms with E-state index in [9.17, 15) is 4.79 Å². The van der Waals surface area contributed by atoms with Gasteiger partial charge >= 0.3 is 0 Å². The summed E-state index contributed by atoms with van der Waals surface area (Å²) in [6.07, 6.45) is 4.29. The van der Waals surface area contributed by atoms with Gasteiger partial charge in [0.2, 0.25) is 0 Å². The van der Waals surface area contributed by atoms with Crippen LogP contribution in [0.25, 0.3) is 0 Å². The number of halogens is 1. The largest absolute Gasteiger partial charge is 0.300 e. The summed E-state index contributed by atoms with van der Waals surface area (Å²) in [6, 6.07) is 8.57. The monoisotopic (exact) mass is 282 g/mol. The smallest absolute Gasteiger partial charge is 0.133 e. The highest BCUT2D eigenvalue weighted by molar-refractivity contribution is 9.09. The second-order valence-electron chi connectivity index (χ2n) is 4.00. The minimum atomic E-state index is 0.374. The SMILES string of the molecule is CCc1ccc(CCC(=O)CCCBr)cc1. The molecule has 0 aliphatic rings. The van der Waals surface area contributed by atoms with Crippen LogP contribution < -0.4 is 0 Å². The third kappa shape index (κ3) is 4.93. The molecule has 1 rings (SSSR count). The molecule has 0 heterocycles. The Bertz CT molecular complexity index is 316. The lowest BCUT2D eigenvalue weighted by atomic mass is 10.0. The minimum Gasteiger partial charge on any atom is -0.300 e. The van der Waals surface area contributed by atoms with E-state index in [0.29, 0.717) is 18.6 Å². The summed E-state index contributed by atoms with van der Waals surface area (Å²) in [4.78, 5) is 11.5. The summed E-state index contributed by atoms with van der Waals surface area (Å²) in [7, 11) is 0. The number of alkyl halides is 1. The quantitative estimate of drug-likeness (QED) is 0.693. The van der Waals surface area contributed by atoms with Crippen LogP contribution in [0.5, 0.6) is 0 Å². The molecule has 0 amide bonds. The van der Waals surface area contributed by atoms with Gasteiger partial charge in [-0.05, 0) is 30.4 Å². The summed E-state index contributed by atoms with van der Waals surface area (Å²) < 4.78 is 0. The van der Waals surface area contributed by atoms with Gasteiger partial charge in [0.25, 0.3) is 0 Å². The molecule has 2 heteroatoms. The van der Waals surface area contributed by atoms with E-state index in [-0.39, 0.29) is 0 Å². The van der Waals surface area contributed by atoms with Crippen molar-refractivity contribution in [2.45, 2.75) is 39.0 Å². The molecule has 0 radical (unpaired) electrons. The van der Waals surface area contributed by atoms with E-state index in [2.05, 4.69) is 47.1 Å². The topological polar surface area (TPSA) is 17.1 Å². The van der Waals surface area contributed by atoms with Crippen molar-refractivity contribution in [3.8, 4) is 0 Å². The van der Waals surface area contributed by atoms with Crippen molar-refractivity contribution in [2.75, 3.05) is 5.33 Å². The van der Waals surface area contributed by atoms with Crippen LogP contribution in [-0.4, -0.2) is 11.1 Å². The Morgan fingerprint density at radius 3 is 2.31 bits per heavy atom. The highest BCUT2D eigenvalue weighted by atomic mass is 79.9. The molecule has 0 aliphatic heterocycles. The Hall–Kier alpha value is -0.630. The molecule has 0 fully saturated rings. The Morgan fingerprint density at radius 1 is 1.12 bits per heavy atom. The fourth-order valence-electron chi connectivity index (χ4n) is 1.61. The number of carbonyl (C=O) groups is 1. The fourth-order valence-corrected chi connectivity index (χ4v) is 1.89. The van der Waals surface area contributed by atoms with Crippen molar-refractivity contribution in [2.24, 2.45) is 0 Å². The third-order valence-corrected chi connectivity index (χ3v) is 3.27. The van der Waals surface area contributed by atoms with E-state index < -0.39 is 0 Å². The molecule has 0 bridgehead atoms. The van der Waals surface area contributed by atoms with Crippen LogP contribution >= 0.6 is 15.9 Å². The van der Waals surface area contributed by atoms with Crippen molar-refractivity contribution < 1.29 is 4.79 Å². The molecule has 0 aliphatic carbocycles. The average Bonchev–Trinajstić information content (AvgIpc) is 2.34. The lowest BCUT2D eigenvalue weighted by Gasteiger charge is -2.02. The summed E-state index contributed by atoms with van der Waals surface area (Å²) >= 11 is 3.34. The highest BCUT2D eigenvalue weighted by Gasteiger charge is 2.02. The zero-order chi connectivity index (χ0) is 11.8. The van der Waals surface area contributed by atoms with Gasteiger partial charge < -0.3 is 0 Å². The molecule has 16 heavy (non-hydrogen) atoms. The van der Waals surface area contributed by atoms with E-state index >= 15 is 0 Å². The van der Waals surface area contributed by atoms with E-state index in [0.717, 1.165) is 24.6 Å². The maximum atomic E-state index is 11.5. The van der Waals surface area contributed by atoms with Gasteiger partial charge in [-0.15, -0.1) is 0 Å². The van der Waals surface area contributed by atoms with Gasteiger partial charge in [-0.3, -0.25) is 4.79 Å². The molecule has 0 N–H and O–H groups in total. The molecule has 1 aromatic carbocycles. The van der Waals surface area contributed by atoms with E-state index in [4.69, 9.17) is 0 Å². The van der Waals surface area contributed by atoms with Gasteiger partial charge in [-0.25, -0.2) is 0 Å². The first-order chi connectivity index (χ1) is 7.76. The molecule has 0 unspecified atom stereocenters. The highest BCUT2D eigenvalue weighted by Crippen LogP contribution is 2.09. The first-order valence-electron chi connectivity index (χ1n) is 5.91. The number of Topliss-reactive ketones (excluding diaryl/α,β-unsaturated/α-hetero) is 1. The first-order valence-corrected chi connectivity index (χ1v) is 7.04. The number of hydrogen-bond donors (Lipinski definition) is 0. The van der Waals surface area contributed by atoms with Crippen molar-refractivity contribution in [1.82, 2.24) is 0 Å². The molecular weight excluding hydrogens is 264 g/mol. The number of ketones is 1. The zero-order valence-corrected chi connectivity index (χ0v) is 11.4. The fraction of sp³-hybridized carbons (Fsp3) is 0.500. The summed E-state index contributed by atoms with van der Waals surface area (Å²) in [5.74, 6) is 0.374. The molecule has 88 valence electrons. The maximum absolute atomic E-state index is 11.5. The summed E-state index contributed by atoms with van der Waals surface area (Å²) in [6.45, 7) is 2.15. The van der Waals surface area contributed by atoms with Crippen molar-refractivity contribution >= 4 is 21.7 Å². The third-order valence-electron chi connectivity index (χ3n) is 2.71. The van der Waals surface area contributed by atoms with Crippen LogP contribution in [0.3, 0.4) is 0 Å². The molecule has 1 nitrogen and oxygen atoms in total. The van der Waals surface area contributed by atoms with E-state index in [1.54, 1.807) is 0 Å². The van der Waals surface area contributed by atoms with Gasteiger partial charge in [-0.2, -0.15) is 0 Å².